The quantitative estimate of drug-likeness (QED) is 0.808. The fourth-order valence-corrected chi connectivity index (χ4v) is 2.60. The molecule has 1 heterocycles. The van der Waals surface area contributed by atoms with E-state index >= 15 is 0 Å². The van der Waals surface area contributed by atoms with Gasteiger partial charge in [0.1, 0.15) is 10.8 Å². The van der Waals surface area contributed by atoms with Gasteiger partial charge in [-0.2, -0.15) is 0 Å². The standard InChI is InChI=1S/C15H15Cl2N3S/c1-9-2-5-12(14(18)21)15(20-9)19-7-6-10-3-4-11(16)8-13(10)17/h2-5,8H,6-7H2,1H3,(H2,18,21)(H,19,20). The van der Waals surface area contributed by atoms with Gasteiger partial charge in [0.15, 0.2) is 0 Å². The van der Waals surface area contributed by atoms with Gasteiger partial charge in [-0.25, -0.2) is 4.98 Å². The largest absolute Gasteiger partial charge is 0.389 e. The number of benzene rings is 1. The maximum absolute atomic E-state index is 6.15. The Balaban J connectivity index is 2.06. The van der Waals surface area contributed by atoms with Gasteiger partial charge >= 0.3 is 0 Å². The van der Waals surface area contributed by atoms with Gasteiger partial charge in [-0.05, 0) is 43.2 Å². The molecule has 0 aliphatic heterocycles. The third-order valence-electron chi connectivity index (χ3n) is 3.00. The fraction of sp³-hybridized carbons (Fsp3) is 0.200. The minimum atomic E-state index is 0.328. The zero-order chi connectivity index (χ0) is 15.4. The molecule has 0 amide bonds. The molecule has 2 aromatic rings. The average Bonchev–Trinajstić information content (AvgIpc) is 2.41. The molecule has 0 radical (unpaired) electrons. The lowest BCUT2D eigenvalue weighted by molar-refractivity contribution is 1.000. The molecular formula is C15H15Cl2N3S. The van der Waals surface area contributed by atoms with Crippen LogP contribution in [0.1, 0.15) is 16.8 Å². The number of hydrogen-bond acceptors (Lipinski definition) is 3. The van der Waals surface area contributed by atoms with Crippen molar-refractivity contribution in [2.45, 2.75) is 13.3 Å². The van der Waals surface area contributed by atoms with Gasteiger partial charge < -0.3 is 11.1 Å². The SMILES string of the molecule is Cc1ccc(C(N)=S)c(NCCc2ccc(Cl)cc2Cl)n1. The molecule has 0 saturated carbocycles. The van der Waals surface area contributed by atoms with Crippen molar-refractivity contribution in [1.29, 1.82) is 0 Å². The number of nitrogens with two attached hydrogens (primary N) is 1. The number of rotatable bonds is 5. The molecule has 0 saturated heterocycles. The molecule has 0 spiro atoms. The van der Waals surface area contributed by atoms with Crippen molar-refractivity contribution in [3.63, 3.8) is 0 Å². The molecule has 1 aromatic carbocycles. The van der Waals surface area contributed by atoms with Gasteiger partial charge in [-0.15, -0.1) is 0 Å². The van der Waals surface area contributed by atoms with E-state index in [0.717, 1.165) is 23.2 Å². The monoisotopic (exact) mass is 339 g/mol. The van der Waals surface area contributed by atoms with Gasteiger partial charge in [0.2, 0.25) is 0 Å². The summed E-state index contributed by atoms with van der Waals surface area (Å²) in [7, 11) is 0. The molecule has 1 aromatic heterocycles. The van der Waals surface area contributed by atoms with Crippen molar-refractivity contribution < 1.29 is 0 Å². The van der Waals surface area contributed by atoms with Crippen LogP contribution in [-0.2, 0) is 6.42 Å². The lowest BCUT2D eigenvalue weighted by Crippen LogP contribution is -2.16. The summed E-state index contributed by atoms with van der Waals surface area (Å²) < 4.78 is 0. The lowest BCUT2D eigenvalue weighted by atomic mass is 10.1. The summed E-state index contributed by atoms with van der Waals surface area (Å²) in [6.07, 6.45) is 0.752. The number of aryl methyl sites for hydroxylation is 1. The van der Waals surface area contributed by atoms with Crippen LogP contribution in [0, 0.1) is 6.92 Å². The summed E-state index contributed by atoms with van der Waals surface area (Å²) >= 11 is 17.1. The summed E-state index contributed by atoms with van der Waals surface area (Å²) in [5.74, 6) is 0.701. The fourth-order valence-electron chi connectivity index (χ4n) is 1.93. The molecule has 0 atom stereocenters. The highest BCUT2D eigenvalue weighted by Crippen LogP contribution is 2.21. The van der Waals surface area contributed by atoms with Crippen molar-refractivity contribution in [3.05, 3.63) is 57.2 Å². The predicted molar refractivity (Wildman–Crippen MR) is 93.5 cm³/mol. The molecule has 2 rings (SSSR count). The highest BCUT2D eigenvalue weighted by Gasteiger charge is 2.07. The molecular weight excluding hydrogens is 325 g/mol. The van der Waals surface area contributed by atoms with Crippen LogP contribution in [0.5, 0.6) is 0 Å². The molecule has 0 unspecified atom stereocenters. The topological polar surface area (TPSA) is 50.9 Å². The first-order valence-corrected chi connectivity index (χ1v) is 7.59. The van der Waals surface area contributed by atoms with Crippen molar-refractivity contribution in [2.75, 3.05) is 11.9 Å². The Morgan fingerprint density at radius 2 is 2.05 bits per heavy atom. The van der Waals surface area contributed by atoms with E-state index in [4.69, 9.17) is 41.2 Å². The Morgan fingerprint density at radius 1 is 1.29 bits per heavy atom. The zero-order valence-electron chi connectivity index (χ0n) is 11.5. The summed E-state index contributed by atoms with van der Waals surface area (Å²) in [6.45, 7) is 2.60. The van der Waals surface area contributed by atoms with Crippen molar-refractivity contribution in [2.24, 2.45) is 5.73 Å². The minimum Gasteiger partial charge on any atom is -0.389 e. The van der Waals surface area contributed by atoms with Crippen LogP contribution in [0.3, 0.4) is 0 Å². The van der Waals surface area contributed by atoms with Crippen LogP contribution in [0.4, 0.5) is 5.82 Å². The Kier molecular flexibility index (Phi) is 5.39. The number of halogens is 2. The van der Waals surface area contributed by atoms with E-state index in [-0.39, 0.29) is 0 Å². The molecule has 3 N–H and O–H groups in total. The van der Waals surface area contributed by atoms with Gasteiger partial charge in [0.05, 0.1) is 5.56 Å². The summed E-state index contributed by atoms with van der Waals surface area (Å²) in [5.41, 5.74) is 8.38. The summed E-state index contributed by atoms with van der Waals surface area (Å²) in [5, 5.41) is 4.55. The minimum absolute atomic E-state index is 0.328. The van der Waals surface area contributed by atoms with Crippen LogP contribution >= 0.6 is 35.4 Å². The molecule has 0 fully saturated rings. The third-order valence-corrected chi connectivity index (χ3v) is 3.81. The van der Waals surface area contributed by atoms with Crippen molar-refractivity contribution in [1.82, 2.24) is 4.98 Å². The number of anilines is 1. The normalized spacial score (nSPS) is 10.4. The van der Waals surface area contributed by atoms with Crippen molar-refractivity contribution in [3.8, 4) is 0 Å². The Morgan fingerprint density at radius 3 is 2.71 bits per heavy atom. The Labute approximate surface area is 139 Å². The van der Waals surface area contributed by atoms with E-state index < -0.39 is 0 Å². The highest BCUT2D eigenvalue weighted by atomic mass is 35.5. The van der Waals surface area contributed by atoms with E-state index in [9.17, 15) is 0 Å². The van der Waals surface area contributed by atoms with Gasteiger partial charge in [0.25, 0.3) is 0 Å². The van der Waals surface area contributed by atoms with Crippen LogP contribution in [0.25, 0.3) is 0 Å². The van der Waals surface area contributed by atoms with Gasteiger partial charge in [0, 0.05) is 22.3 Å². The van der Waals surface area contributed by atoms with Gasteiger partial charge in [-0.3, -0.25) is 0 Å². The predicted octanol–water partition coefficient (Wildman–Crippen LogP) is 3.99. The van der Waals surface area contributed by atoms with E-state index in [1.807, 2.05) is 31.2 Å². The van der Waals surface area contributed by atoms with E-state index in [1.54, 1.807) is 6.07 Å². The average molecular weight is 340 g/mol. The van der Waals surface area contributed by atoms with E-state index in [0.29, 0.717) is 27.4 Å². The Bertz CT molecular complexity index is 674. The first-order valence-electron chi connectivity index (χ1n) is 6.42. The van der Waals surface area contributed by atoms with Gasteiger partial charge in [-0.1, -0.05) is 41.5 Å². The maximum atomic E-state index is 6.15. The van der Waals surface area contributed by atoms with Crippen LogP contribution < -0.4 is 11.1 Å². The molecule has 110 valence electrons. The lowest BCUT2D eigenvalue weighted by Gasteiger charge is -2.11. The number of aromatic nitrogens is 1. The second-order valence-electron chi connectivity index (χ2n) is 4.63. The second-order valence-corrected chi connectivity index (χ2v) is 5.91. The number of pyridine rings is 1. The maximum Gasteiger partial charge on any atom is 0.136 e. The third kappa shape index (κ3) is 4.30. The number of hydrogen-bond donors (Lipinski definition) is 2. The first-order chi connectivity index (χ1) is 9.97. The van der Waals surface area contributed by atoms with E-state index in [1.165, 1.54) is 0 Å². The van der Waals surface area contributed by atoms with Crippen LogP contribution in [0.2, 0.25) is 10.0 Å². The van der Waals surface area contributed by atoms with E-state index in [2.05, 4.69) is 10.3 Å². The molecule has 6 heteroatoms. The first kappa shape index (κ1) is 16.0. The number of nitrogens with zero attached hydrogens (tertiary/aromatic N) is 1. The molecule has 0 aliphatic rings. The summed E-state index contributed by atoms with van der Waals surface area (Å²) in [6, 6.07) is 9.25. The second kappa shape index (κ2) is 7.07. The van der Waals surface area contributed by atoms with Crippen LogP contribution in [-0.4, -0.2) is 16.5 Å². The zero-order valence-corrected chi connectivity index (χ0v) is 13.8. The Hall–Kier alpha value is -1.36. The summed E-state index contributed by atoms with van der Waals surface area (Å²) in [4.78, 5) is 4.76. The highest BCUT2D eigenvalue weighted by molar-refractivity contribution is 7.80. The molecule has 0 bridgehead atoms. The number of nitrogens with one attached hydrogen (secondary N) is 1. The molecule has 21 heavy (non-hydrogen) atoms. The smallest absolute Gasteiger partial charge is 0.136 e. The number of thiocarbonyl (C=S) groups is 1. The van der Waals surface area contributed by atoms with Crippen molar-refractivity contribution >= 4 is 46.2 Å². The van der Waals surface area contributed by atoms with Crippen LogP contribution in [0.15, 0.2) is 30.3 Å². The molecule has 3 nitrogen and oxygen atoms in total. The molecule has 0 aliphatic carbocycles.